The molecule has 2 fully saturated rings. The van der Waals surface area contributed by atoms with E-state index in [-0.39, 0.29) is 24.8 Å². The van der Waals surface area contributed by atoms with Gasteiger partial charge in [-0.1, -0.05) is 30.3 Å². The van der Waals surface area contributed by atoms with E-state index in [1.165, 1.54) is 5.56 Å². The molecule has 3 rings (SSSR count). The summed E-state index contributed by atoms with van der Waals surface area (Å²) in [4.78, 5) is 14.6. The van der Waals surface area contributed by atoms with Gasteiger partial charge in [-0.25, -0.2) is 4.79 Å². The second-order valence-electron chi connectivity index (χ2n) is 10.2. The summed E-state index contributed by atoms with van der Waals surface area (Å²) in [5.41, 5.74) is 6.91. The van der Waals surface area contributed by atoms with Crippen molar-refractivity contribution in [1.82, 2.24) is 4.90 Å². The molecule has 1 aromatic rings. The van der Waals surface area contributed by atoms with E-state index in [2.05, 4.69) is 30.3 Å². The van der Waals surface area contributed by atoms with Gasteiger partial charge in [-0.2, -0.15) is 0 Å². The number of amides is 1. The number of aliphatic hydroxyl groups excluding tert-OH is 1. The van der Waals surface area contributed by atoms with Crippen molar-refractivity contribution in [3.63, 3.8) is 0 Å². The van der Waals surface area contributed by atoms with Crippen molar-refractivity contribution in [3.8, 4) is 0 Å². The minimum atomic E-state index is -0.662. The van der Waals surface area contributed by atoms with Crippen LogP contribution < -0.4 is 5.73 Å². The largest absolute Gasteiger partial charge is 0.444 e. The van der Waals surface area contributed by atoms with Crippen molar-refractivity contribution in [2.24, 2.45) is 5.73 Å². The summed E-state index contributed by atoms with van der Waals surface area (Å²) >= 11 is 0. The zero-order valence-corrected chi connectivity index (χ0v) is 19.4. The Morgan fingerprint density at radius 1 is 1.19 bits per heavy atom. The average Bonchev–Trinajstić information content (AvgIpc) is 2.72. The Morgan fingerprint density at radius 3 is 2.48 bits per heavy atom. The quantitative estimate of drug-likeness (QED) is 0.703. The minimum absolute atomic E-state index is 0.00264. The molecule has 0 unspecified atom stereocenters. The number of likely N-dealkylation sites (tertiary alicyclic amines) is 1. The number of aliphatic hydroxyl groups is 1. The van der Waals surface area contributed by atoms with Crippen molar-refractivity contribution in [3.05, 3.63) is 35.9 Å². The Hall–Kier alpha value is -1.63. The summed E-state index contributed by atoms with van der Waals surface area (Å²) in [5.74, 6) is 0.594. The lowest BCUT2D eigenvalue weighted by Crippen LogP contribution is -2.65. The van der Waals surface area contributed by atoms with Gasteiger partial charge in [0.25, 0.3) is 0 Å². The first-order chi connectivity index (χ1) is 14.7. The molecule has 1 aromatic carbocycles. The molecule has 174 valence electrons. The van der Waals surface area contributed by atoms with E-state index in [9.17, 15) is 9.90 Å². The number of hydrogen-bond donors (Lipinski definition) is 2. The first-order valence-corrected chi connectivity index (χ1v) is 11.8. The summed E-state index contributed by atoms with van der Waals surface area (Å²) in [5, 5.41) is 9.61. The number of carbonyl (C=O) groups is 1. The molecular weight excluding hydrogens is 392 g/mol. The average molecular weight is 433 g/mol. The van der Waals surface area contributed by atoms with Gasteiger partial charge < -0.3 is 25.2 Å². The number of nitrogens with zero attached hydrogens (tertiary/aromatic N) is 1. The van der Waals surface area contributed by atoms with Crippen LogP contribution in [-0.4, -0.2) is 59.1 Å². The predicted molar refractivity (Wildman–Crippen MR) is 122 cm³/mol. The molecule has 6 nitrogen and oxygen atoms in total. The van der Waals surface area contributed by atoms with E-state index < -0.39 is 11.1 Å². The van der Waals surface area contributed by atoms with E-state index in [1.807, 2.05) is 20.8 Å². The van der Waals surface area contributed by atoms with Crippen LogP contribution in [0.15, 0.2) is 30.3 Å². The Morgan fingerprint density at radius 2 is 1.87 bits per heavy atom. The fourth-order valence-corrected chi connectivity index (χ4v) is 5.02. The third-order valence-electron chi connectivity index (χ3n) is 6.72. The topological polar surface area (TPSA) is 85.0 Å². The molecule has 2 atom stereocenters. The highest BCUT2D eigenvalue weighted by Gasteiger charge is 2.45. The van der Waals surface area contributed by atoms with Gasteiger partial charge in [0.15, 0.2) is 0 Å². The third kappa shape index (κ3) is 6.43. The molecule has 1 heterocycles. The van der Waals surface area contributed by atoms with Crippen molar-refractivity contribution in [2.45, 2.75) is 94.9 Å². The Kier molecular flexibility index (Phi) is 8.00. The zero-order valence-electron chi connectivity index (χ0n) is 19.4. The first-order valence-electron chi connectivity index (χ1n) is 11.8. The number of ether oxygens (including phenoxy) is 2. The molecule has 0 radical (unpaired) electrons. The molecule has 1 saturated heterocycles. The molecule has 0 bridgehead atoms. The SMILES string of the molecule is CC(C)(C)OC(=O)N1CCC[C@@](N)(CCO)[C@@H]1COC1CCC(c2ccccc2)CC1. The number of benzene rings is 1. The third-order valence-corrected chi connectivity index (χ3v) is 6.72. The number of hydrogen-bond acceptors (Lipinski definition) is 5. The minimum Gasteiger partial charge on any atom is -0.444 e. The molecule has 3 N–H and O–H groups in total. The Labute approximate surface area is 187 Å². The summed E-state index contributed by atoms with van der Waals surface area (Å²) in [6, 6.07) is 10.4. The maximum atomic E-state index is 12.9. The van der Waals surface area contributed by atoms with Crippen LogP contribution in [0, 0.1) is 0 Å². The van der Waals surface area contributed by atoms with E-state index in [4.69, 9.17) is 15.2 Å². The zero-order chi connectivity index (χ0) is 22.5. The van der Waals surface area contributed by atoms with Crippen LogP contribution >= 0.6 is 0 Å². The fraction of sp³-hybridized carbons (Fsp3) is 0.720. The lowest BCUT2D eigenvalue weighted by Gasteiger charge is -2.48. The van der Waals surface area contributed by atoms with Crippen LogP contribution in [0.3, 0.4) is 0 Å². The van der Waals surface area contributed by atoms with E-state index in [0.29, 0.717) is 25.5 Å². The molecule has 1 aliphatic carbocycles. The highest BCUT2D eigenvalue weighted by Crippen LogP contribution is 2.35. The predicted octanol–water partition coefficient (Wildman–Crippen LogP) is 4.21. The van der Waals surface area contributed by atoms with Crippen LogP contribution in [-0.2, 0) is 9.47 Å². The standard InChI is InChI=1S/C25H40N2O4/c1-24(2,3)31-23(29)27-16-7-14-25(26,15-17-28)22(27)18-30-21-12-10-20(11-13-21)19-8-5-4-6-9-19/h4-6,8-9,20-22,28H,7,10-18,26H2,1-3H3/t20?,21?,22-,25+/m0/s1. The van der Waals surface area contributed by atoms with Crippen LogP contribution in [0.1, 0.15) is 77.2 Å². The molecule has 31 heavy (non-hydrogen) atoms. The number of carbonyl (C=O) groups excluding carboxylic acids is 1. The molecular formula is C25H40N2O4. The molecule has 2 aliphatic rings. The maximum Gasteiger partial charge on any atom is 0.410 e. The highest BCUT2D eigenvalue weighted by atomic mass is 16.6. The monoisotopic (exact) mass is 432 g/mol. The molecule has 0 aromatic heterocycles. The Bertz CT molecular complexity index is 693. The fourth-order valence-electron chi connectivity index (χ4n) is 5.02. The number of rotatable bonds is 6. The van der Waals surface area contributed by atoms with Crippen LogP contribution in [0.2, 0.25) is 0 Å². The molecule has 0 spiro atoms. The maximum absolute atomic E-state index is 12.9. The lowest BCUT2D eigenvalue weighted by atomic mass is 9.79. The lowest BCUT2D eigenvalue weighted by molar-refractivity contribution is -0.0569. The van der Waals surface area contributed by atoms with Gasteiger partial charge in [0.1, 0.15) is 5.60 Å². The Balaban J connectivity index is 1.62. The van der Waals surface area contributed by atoms with Crippen LogP contribution in [0.4, 0.5) is 4.79 Å². The van der Waals surface area contributed by atoms with E-state index >= 15 is 0 Å². The summed E-state index contributed by atoms with van der Waals surface area (Å²) < 4.78 is 12.0. The van der Waals surface area contributed by atoms with Crippen molar-refractivity contribution in [1.29, 1.82) is 0 Å². The normalized spacial score (nSPS) is 29.6. The van der Waals surface area contributed by atoms with Gasteiger partial charge in [-0.05, 0) is 77.2 Å². The second kappa shape index (κ2) is 10.3. The summed E-state index contributed by atoms with van der Waals surface area (Å²) in [7, 11) is 0. The molecule has 1 amide bonds. The molecule has 1 aliphatic heterocycles. The highest BCUT2D eigenvalue weighted by molar-refractivity contribution is 5.69. The smallest absolute Gasteiger partial charge is 0.410 e. The van der Waals surface area contributed by atoms with Gasteiger partial charge in [0, 0.05) is 18.7 Å². The van der Waals surface area contributed by atoms with Crippen LogP contribution in [0.25, 0.3) is 0 Å². The second-order valence-corrected chi connectivity index (χ2v) is 10.2. The van der Waals surface area contributed by atoms with Crippen molar-refractivity contribution >= 4 is 6.09 Å². The molecule has 1 saturated carbocycles. The van der Waals surface area contributed by atoms with Gasteiger partial charge in [0.2, 0.25) is 0 Å². The van der Waals surface area contributed by atoms with Crippen molar-refractivity contribution < 1.29 is 19.4 Å². The van der Waals surface area contributed by atoms with Gasteiger partial charge in [-0.3, -0.25) is 0 Å². The van der Waals surface area contributed by atoms with E-state index in [1.54, 1.807) is 4.90 Å². The van der Waals surface area contributed by atoms with Gasteiger partial charge in [0.05, 0.1) is 18.8 Å². The number of nitrogens with two attached hydrogens (primary N) is 1. The van der Waals surface area contributed by atoms with Gasteiger partial charge >= 0.3 is 6.09 Å². The summed E-state index contributed by atoms with van der Waals surface area (Å²) in [6.45, 7) is 6.60. The number of piperidine rings is 1. The van der Waals surface area contributed by atoms with Gasteiger partial charge in [-0.15, -0.1) is 0 Å². The summed E-state index contributed by atoms with van der Waals surface area (Å²) in [6.07, 6.45) is 6.09. The van der Waals surface area contributed by atoms with Crippen molar-refractivity contribution in [2.75, 3.05) is 19.8 Å². The first kappa shape index (κ1) is 24.0. The van der Waals surface area contributed by atoms with Crippen LogP contribution in [0.5, 0.6) is 0 Å². The van der Waals surface area contributed by atoms with E-state index in [0.717, 1.165) is 38.5 Å². The molecule has 6 heteroatoms.